The monoisotopic (exact) mass is 331 g/mol. The molecule has 2 heterocycles. The first-order valence-corrected chi connectivity index (χ1v) is 8.25. The fraction of sp³-hybridized carbons (Fsp3) is 0.294. The van der Waals surface area contributed by atoms with Crippen molar-refractivity contribution >= 4 is 11.3 Å². The molecule has 0 bridgehead atoms. The largest absolute Gasteiger partial charge is 0.333 e. The maximum atomic E-state index is 13.1. The van der Waals surface area contributed by atoms with E-state index in [1.54, 1.807) is 23.5 Å². The lowest BCUT2D eigenvalue weighted by molar-refractivity contribution is 0.419. The molecular formula is C17H18FN3OS. The predicted molar refractivity (Wildman–Crippen MR) is 90.0 cm³/mol. The number of benzene rings is 1. The Bertz CT molecular complexity index is 795. The van der Waals surface area contributed by atoms with E-state index >= 15 is 0 Å². The smallest absolute Gasteiger partial charge is 0.268 e. The van der Waals surface area contributed by atoms with Gasteiger partial charge in [-0.3, -0.25) is 0 Å². The number of nitrogens with one attached hydrogen (secondary N) is 1. The molecule has 1 unspecified atom stereocenters. The molecule has 2 aromatic heterocycles. The van der Waals surface area contributed by atoms with Crippen LogP contribution in [-0.4, -0.2) is 23.2 Å². The van der Waals surface area contributed by atoms with Gasteiger partial charge in [-0.05, 0) is 50.2 Å². The van der Waals surface area contributed by atoms with E-state index in [1.165, 1.54) is 12.1 Å². The summed E-state index contributed by atoms with van der Waals surface area (Å²) < 4.78 is 18.5. The number of aryl methyl sites for hydroxylation is 1. The van der Waals surface area contributed by atoms with Gasteiger partial charge >= 0.3 is 0 Å². The van der Waals surface area contributed by atoms with Gasteiger partial charge in [0, 0.05) is 17.3 Å². The van der Waals surface area contributed by atoms with Crippen LogP contribution in [0.1, 0.15) is 18.3 Å². The van der Waals surface area contributed by atoms with Gasteiger partial charge < -0.3 is 9.84 Å². The quantitative estimate of drug-likeness (QED) is 0.766. The molecule has 0 fully saturated rings. The molecule has 3 aromatic rings. The molecule has 0 aliphatic heterocycles. The van der Waals surface area contributed by atoms with Crippen LogP contribution < -0.4 is 5.32 Å². The van der Waals surface area contributed by atoms with E-state index in [0.29, 0.717) is 17.8 Å². The van der Waals surface area contributed by atoms with Crippen LogP contribution in [0.2, 0.25) is 0 Å². The molecule has 6 heteroatoms. The van der Waals surface area contributed by atoms with Crippen LogP contribution in [0.5, 0.6) is 0 Å². The van der Waals surface area contributed by atoms with Crippen molar-refractivity contribution in [2.75, 3.05) is 7.05 Å². The Morgan fingerprint density at radius 2 is 2.04 bits per heavy atom. The SMILES string of the molecule is CNC(C)Cc1noc(-c2cc(C)c(-c3ccc(F)cc3)s2)n1. The fourth-order valence-electron chi connectivity index (χ4n) is 2.29. The molecule has 4 nitrogen and oxygen atoms in total. The highest BCUT2D eigenvalue weighted by Crippen LogP contribution is 2.37. The van der Waals surface area contributed by atoms with Crippen LogP contribution in [0.25, 0.3) is 21.2 Å². The summed E-state index contributed by atoms with van der Waals surface area (Å²) in [6, 6.07) is 8.83. The number of hydrogen-bond acceptors (Lipinski definition) is 5. The van der Waals surface area contributed by atoms with Crippen LogP contribution >= 0.6 is 11.3 Å². The Morgan fingerprint density at radius 3 is 2.74 bits per heavy atom. The molecule has 0 amide bonds. The van der Waals surface area contributed by atoms with Gasteiger partial charge in [-0.2, -0.15) is 4.98 Å². The summed E-state index contributed by atoms with van der Waals surface area (Å²) in [5, 5.41) is 7.19. The summed E-state index contributed by atoms with van der Waals surface area (Å²) in [7, 11) is 1.91. The molecule has 120 valence electrons. The van der Waals surface area contributed by atoms with Crippen LogP contribution in [0.3, 0.4) is 0 Å². The van der Waals surface area contributed by atoms with Crippen molar-refractivity contribution in [2.24, 2.45) is 0 Å². The normalized spacial score (nSPS) is 12.5. The van der Waals surface area contributed by atoms with Crippen molar-refractivity contribution in [1.82, 2.24) is 15.5 Å². The summed E-state index contributed by atoms with van der Waals surface area (Å²) in [6.45, 7) is 4.09. The summed E-state index contributed by atoms with van der Waals surface area (Å²) in [6.07, 6.45) is 0.717. The summed E-state index contributed by atoms with van der Waals surface area (Å²) in [5.41, 5.74) is 2.10. The van der Waals surface area contributed by atoms with Gasteiger partial charge in [0.1, 0.15) is 5.82 Å². The van der Waals surface area contributed by atoms with Gasteiger partial charge in [0.2, 0.25) is 0 Å². The number of nitrogens with zero attached hydrogens (tertiary/aromatic N) is 2. The van der Waals surface area contributed by atoms with E-state index in [-0.39, 0.29) is 5.82 Å². The fourth-order valence-corrected chi connectivity index (χ4v) is 3.39. The minimum absolute atomic E-state index is 0.233. The van der Waals surface area contributed by atoms with Gasteiger partial charge in [0.05, 0.1) is 4.88 Å². The number of hydrogen-bond donors (Lipinski definition) is 1. The summed E-state index contributed by atoms with van der Waals surface area (Å²) in [5.74, 6) is 0.990. The minimum atomic E-state index is -0.233. The third-order valence-corrected chi connectivity index (χ3v) is 4.96. The second kappa shape index (κ2) is 6.60. The molecule has 0 radical (unpaired) electrons. The minimum Gasteiger partial charge on any atom is -0.333 e. The lowest BCUT2D eigenvalue weighted by Crippen LogP contribution is -2.24. The van der Waals surface area contributed by atoms with Crippen LogP contribution in [-0.2, 0) is 6.42 Å². The van der Waals surface area contributed by atoms with Crippen molar-refractivity contribution in [3.8, 4) is 21.2 Å². The van der Waals surface area contributed by atoms with Crippen molar-refractivity contribution < 1.29 is 8.91 Å². The van der Waals surface area contributed by atoms with E-state index in [9.17, 15) is 4.39 Å². The number of rotatable bonds is 5. The standard InChI is InChI=1S/C17H18FN3OS/c1-10-8-14(17-20-15(21-22-17)9-11(2)19-3)23-16(10)12-4-6-13(18)7-5-12/h4-8,11,19H,9H2,1-3H3. The van der Waals surface area contributed by atoms with Crippen molar-refractivity contribution in [2.45, 2.75) is 26.3 Å². The average molecular weight is 331 g/mol. The zero-order chi connectivity index (χ0) is 16.4. The first-order chi connectivity index (χ1) is 11.1. The number of halogens is 1. The van der Waals surface area contributed by atoms with Crippen molar-refractivity contribution in [1.29, 1.82) is 0 Å². The third kappa shape index (κ3) is 3.48. The van der Waals surface area contributed by atoms with Crippen molar-refractivity contribution in [3.63, 3.8) is 0 Å². The zero-order valence-corrected chi connectivity index (χ0v) is 14.1. The average Bonchev–Trinajstić information content (AvgIpc) is 3.15. The Balaban J connectivity index is 1.87. The lowest BCUT2D eigenvalue weighted by atomic mass is 10.1. The Kier molecular flexibility index (Phi) is 4.54. The molecule has 0 spiro atoms. The van der Waals surface area contributed by atoms with Gasteiger partial charge in [-0.1, -0.05) is 17.3 Å². The molecular weight excluding hydrogens is 313 g/mol. The Morgan fingerprint density at radius 1 is 1.30 bits per heavy atom. The molecule has 3 rings (SSSR count). The molecule has 0 aliphatic rings. The molecule has 23 heavy (non-hydrogen) atoms. The number of aromatic nitrogens is 2. The van der Waals surface area contributed by atoms with Gasteiger partial charge in [-0.25, -0.2) is 4.39 Å². The Hall–Kier alpha value is -2.05. The van der Waals surface area contributed by atoms with E-state index in [0.717, 1.165) is 27.3 Å². The lowest BCUT2D eigenvalue weighted by Gasteiger charge is -2.04. The van der Waals surface area contributed by atoms with Gasteiger partial charge in [0.15, 0.2) is 5.82 Å². The summed E-state index contributed by atoms with van der Waals surface area (Å²) in [4.78, 5) is 6.48. The number of thiophene rings is 1. The molecule has 1 N–H and O–H groups in total. The van der Waals surface area contributed by atoms with E-state index in [4.69, 9.17) is 4.52 Å². The summed E-state index contributed by atoms with van der Waals surface area (Å²) >= 11 is 1.58. The topological polar surface area (TPSA) is 51.0 Å². The maximum absolute atomic E-state index is 13.1. The van der Waals surface area contributed by atoms with Gasteiger partial charge in [-0.15, -0.1) is 11.3 Å². The maximum Gasteiger partial charge on any atom is 0.268 e. The highest BCUT2D eigenvalue weighted by Gasteiger charge is 2.16. The molecule has 1 aromatic carbocycles. The van der Waals surface area contributed by atoms with Crippen LogP contribution in [0.4, 0.5) is 4.39 Å². The predicted octanol–water partition coefficient (Wildman–Crippen LogP) is 4.06. The van der Waals surface area contributed by atoms with Crippen LogP contribution in [0.15, 0.2) is 34.9 Å². The highest BCUT2D eigenvalue weighted by atomic mass is 32.1. The van der Waals surface area contributed by atoms with E-state index in [2.05, 4.69) is 22.4 Å². The zero-order valence-electron chi connectivity index (χ0n) is 13.3. The molecule has 0 saturated carbocycles. The molecule has 1 atom stereocenters. The van der Waals surface area contributed by atoms with Crippen molar-refractivity contribution in [3.05, 3.63) is 47.5 Å². The molecule has 0 aliphatic carbocycles. The first-order valence-electron chi connectivity index (χ1n) is 7.43. The number of likely N-dealkylation sites (N-methyl/N-ethyl adjacent to an activating group) is 1. The molecule has 0 saturated heterocycles. The van der Waals surface area contributed by atoms with Gasteiger partial charge in [0.25, 0.3) is 5.89 Å². The third-order valence-electron chi connectivity index (χ3n) is 3.68. The second-order valence-corrected chi connectivity index (χ2v) is 6.59. The van der Waals surface area contributed by atoms with Crippen LogP contribution in [0, 0.1) is 12.7 Å². The van der Waals surface area contributed by atoms with E-state index < -0.39 is 0 Å². The van der Waals surface area contributed by atoms with E-state index in [1.807, 2.05) is 20.0 Å². The first kappa shape index (κ1) is 15.8. The highest BCUT2D eigenvalue weighted by molar-refractivity contribution is 7.19. The Labute approximate surface area is 138 Å². The second-order valence-electron chi connectivity index (χ2n) is 5.54.